The van der Waals surface area contributed by atoms with Crippen LogP contribution >= 0.6 is 11.3 Å². The van der Waals surface area contributed by atoms with Gasteiger partial charge in [0.2, 0.25) is 5.91 Å². The maximum absolute atomic E-state index is 12.8. The zero-order valence-corrected chi connectivity index (χ0v) is 16.2. The standard InChI is InChI=1S/C19H23F3N2O2S/c1-3-5-10-24(13-19(20,21)22)17(25)11-14-12-27-18(23-14)15-8-6-7-9-16(15)26-4-2/h6-9,12H,3-5,10-11,13H2,1-2H3. The predicted molar refractivity (Wildman–Crippen MR) is 100.0 cm³/mol. The summed E-state index contributed by atoms with van der Waals surface area (Å²) in [6.07, 6.45) is -3.30. The molecule has 0 fully saturated rings. The lowest BCUT2D eigenvalue weighted by Gasteiger charge is -2.23. The molecule has 0 atom stereocenters. The topological polar surface area (TPSA) is 42.4 Å². The number of alkyl halides is 3. The van der Waals surface area contributed by atoms with Gasteiger partial charge in [0.05, 0.1) is 24.3 Å². The van der Waals surface area contributed by atoms with Crippen LogP contribution in [-0.4, -0.2) is 41.7 Å². The fourth-order valence-corrected chi connectivity index (χ4v) is 3.41. The normalized spacial score (nSPS) is 11.4. The van der Waals surface area contributed by atoms with E-state index in [1.165, 1.54) is 11.3 Å². The number of unbranched alkanes of at least 4 members (excludes halogenated alkanes) is 1. The van der Waals surface area contributed by atoms with Crippen LogP contribution < -0.4 is 4.74 Å². The molecule has 1 aromatic carbocycles. The second-order valence-corrected chi connectivity index (χ2v) is 6.89. The van der Waals surface area contributed by atoms with Crippen molar-refractivity contribution < 1.29 is 22.7 Å². The quantitative estimate of drug-likeness (QED) is 0.599. The summed E-state index contributed by atoms with van der Waals surface area (Å²) in [5, 5.41) is 2.39. The second kappa shape index (κ2) is 9.73. The minimum Gasteiger partial charge on any atom is -0.493 e. The third-order valence-corrected chi connectivity index (χ3v) is 4.73. The summed E-state index contributed by atoms with van der Waals surface area (Å²) in [4.78, 5) is 17.7. The molecule has 0 aliphatic heterocycles. The Morgan fingerprint density at radius 2 is 2.00 bits per heavy atom. The van der Waals surface area contributed by atoms with Gasteiger partial charge in [0, 0.05) is 11.9 Å². The molecule has 0 spiro atoms. The Bertz CT molecular complexity index is 747. The van der Waals surface area contributed by atoms with Crippen LogP contribution in [0, 0.1) is 0 Å². The van der Waals surface area contributed by atoms with Gasteiger partial charge in [0.25, 0.3) is 0 Å². The molecule has 2 aromatic rings. The number of carbonyl (C=O) groups is 1. The largest absolute Gasteiger partial charge is 0.493 e. The second-order valence-electron chi connectivity index (χ2n) is 6.03. The number of benzene rings is 1. The molecule has 0 aliphatic carbocycles. The lowest BCUT2D eigenvalue weighted by molar-refractivity contribution is -0.161. The van der Waals surface area contributed by atoms with Crippen molar-refractivity contribution in [3.05, 3.63) is 35.3 Å². The van der Waals surface area contributed by atoms with Gasteiger partial charge in [-0.1, -0.05) is 25.5 Å². The van der Waals surface area contributed by atoms with Crippen LogP contribution in [0.25, 0.3) is 10.6 Å². The van der Waals surface area contributed by atoms with Crippen LogP contribution in [0.4, 0.5) is 13.2 Å². The Labute approximate surface area is 161 Å². The smallest absolute Gasteiger partial charge is 0.406 e. The predicted octanol–water partition coefficient (Wildman–Crippen LogP) is 4.94. The van der Waals surface area contributed by atoms with Gasteiger partial charge in [0.15, 0.2) is 0 Å². The van der Waals surface area contributed by atoms with Gasteiger partial charge >= 0.3 is 6.18 Å². The molecule has 0 radical (unpaired) electrons. The lowest BCUT2D eigenvalue weighted by atomic mass is 10.2. The Balaban J connectivity index is 2.12. The van der Waals surface area contributed by atoms with E-state index in [1.807, 2.05) is 38.1 Å². The van der Waals surface area contributed by atoms with Crippen LogP contribution in [-0.2, 0) is 11.2 Å². The number of hydrogen-bond acceptors (Lipinski definition) is 4. The van der Waals surface area contributed by atoms with Crippen molar-refractivity contribution in [3.8, 4) is 16.3 Å². The van der Waals surface area contributed by atoms with Crippen molar-refractivity contribution in [2.45, 2.75) is 39.3 Å². The molecule has 4 nitrogen and oxygen atoms in total. The molecule has 1 aromatic heterocycles. The highest BCUT2D eigenvalue weighted by Crippen LogP contribution is 2.32. The zero-order valence-electron chi connectivity index (χ0n) is 15.4. The molecule has 0 saturated heterocycles. The van der Waals surface area contributed by atoms with Crippen LogP contribution in [0.5, 0.6) is 5.75 Å². The fraction of sp³-hybridized carbons (Fsp3) is 0.474. The minimum atomic E-state index is -4.41. The molecule has 27 heavy (non-hydrogen) atoms. The van der Waals surface area contributed by atoms with E-state index >= 15 is 0 Å². The summed E-state index contributed by atoms with van der Waals surface area (Å²) in [5.74, 6) is 0.129. The van der Waals surface area contributed by atoms with E-state index in [1.54, 1.807) is 5.38 Å². The number of amides is 1. The van der Waals surface area contributed by atoms with E-state index in [0.717, 1.165) is 16.9 Å². The molecule has 0 N–H and O–H groups in total. The monoisotopic (exact) mass is 400 g/mol. The Hall–Kier alpha value is -2.09. The summed E-state index contributed by atoms with van der Waals surface area (Å²) in [6.45, 7) is 3.14. The third kappa shape index (κ3) is 6.53. The molecule has 8 heteroatoms. The summed E-state index contributed by atoms with van der Waals surface area (Å²) >= 11 is 1.34. The van der Waals surface area contributed by atoms with E-state index in [2.05, 4.69) is 4.98 Å². The molecule has 1 heterocycles. The molecular weight excluding hydrogens is 377 g/mol. The summed E-state index contributed by atoms with van der Waals surface area (Å²) < 4.78 is 43.8. The summed E-state index contributed by atoms with van der Waals surface area (Å²) in [6, 6.07) is 7.42. The third-order valence-electron chi connectivity index (χ3n) is 3.81. The Morgan fingerprint density at radius 3 is 2.67 bits per heavy atom. The van der Waals surface area contributed by atoms with Crippen LogP contribution in [0.3, 0.4) is 0 Å². The highest BCUT2D eigenvalue weighted by atomic mass is 32.1. The van der Waals surface area contributed by atoms with E-state index in [4.69, 9.17) is 4.74 Å². The first-order valence-corrected chi connectivity index (χ1v) is 9.73. The number of nitrogens with zero attached hydrogens (tertiary/aromatic N) is 2. The first-order valence-electron chi connectivity index (χ1n) is 8.85. The van der Waals surface area contributed by atoms with E-state index in [-0.39, 0.29) is 13.0 Å². The highest BCUT2D eigenvalue weighted by molar-refractivity contribution is 7.13. The van der Waals surface area contributed by atoms with E-state index < -0.39 is 18.6 Å². The number of rotatable bonds is 9. The molecule has 0 aliphatic rings. The van der Waals surface area contributed by atoms with Gasteiger partial charge in [0.1, 0.15) is 17.3 Å². The van der Waals surface area contributed by atoms with E-state index in [9.17, 15) is 18.0 Å². The summed E-state index contributed by atoms with van der Waals surface area (Å²) in [5.41, 5.74) is 1.27. The van der Waals surface area contributed by atoms with Gasteiger partial charge in [-0.3, -0.25) is 4.79 Å². The number of ether oxygens (including phenoxy) is 1. The molecule has 148 valence electrons. The van der Waals surface area contributed by atoms with Crippen LogP contribution in [0.2, 0.25) is 0 Å². The highest BCUT2D eigenvalue weighted by Gasteiger charge is 2.32. The number of thiazole rings is 1. The first kappa shape index (κ1) is 21.2. The SMILES string of the molecule is CCCCN(CC(F)(F)F)C(=O)Cc1csc(-c2ccccc2OCC)n1. The maximum atomic E-state index is 12.8. The fourth-order valence-electron chi connectivity index (χ4n) is 2.56. The van der Waals surface area contributed by atoms with Gasteiger partial charge in [-0.25, -0.2) is 4.98 Å². The van der Waals surface area contributed by atoms with Crippen molar-refractivity contribution in [2.24, 2.45) is 0 Å². The molecule has 2 rings (SSSR count). The molecule has 0 bridgehead atoms. The number of halogens is 3. The lowest BCUT2D eigenvalue weighted by Crippen LogP contribution is -2.40. The van der Waals surface area contributed by atoms with Crippen molar-refractivity contribution >= 4 is 17.2 Å². The Kier molecular flexibility index (Phi) is 7.65. The van der Waals surface area contributed by atoms with Crippen molar-refractivity contribution in [1.82, 2.24) is 9.88 Å². The number of aromatic nitrogens is 1. The van der Waals surface area contributed by atoms with Gasteiger partial charge in [-0.15, -0.1) is 11.3 Å². The number of hydrogen-bond donors (Lipinski definition) is 0. The molecule has 0 saturated carbocycles. The number of para-hydroxylation sites is 1. The van der Waals surface area contributed by atoms with Gasteiger partial charge < -0.3 is 9.64 Å². The van der Waals surface area contributed by atoms with E-state index in [0.29, 0.717) is 29.5 Å². The Morgan fingerprint density at radius 1 is 1.26 bits per heavy atom. The van der Waals surface area contributed by atoms with Crippen molar-refractivity contribution in [3.63, 3.8) is 0 Å². The van der Waals surface area contributed by atoms with Gasteiger partial charge in [-0.05, 0) is 25.5 Å². The number of carbonyl (C=O) groups excluding carboxylic acids is 1. The first-order chi connectivity index (χ1) is 12.8. The van der Waals surface area contributed by atoms with Crippen molar-refractivity contribution in [2.75, 3.05) is 19.7 Å². The van der Waals surface area contributed by atoms with Crippen LogP contribution in [0.1, 0.15) is 32.4 Å². The minimum absolute atomic E-state index is 0.0962. The van der Waals surface area contributed by atoms with Crippen LogP contribution in [0.15, 0.2) is 29.6 Å². The average molecular weight is 400 g/mol. The van der Waals surface area contributed by atoms with Gasteiger partial charge in [-0.2, -0.15) is 13.2 Å². The zero-order chi connectivity index (χ0) is 19.9. The maximum Gasteiger partial charge on any atom is 0.406 e. The molecule has 0 unspecified atom stereocenters. The summed E-state index contributed by atoms with van der Waals surface area (Å²) in [7, 11) is 0. The molecule has 1 amide bonds. The van der Waals surface area contributed by atoms with Crippen molar-refractivity contribution in [1.29, 1.82) is 0 Å². The average Bonchev–Trinajstić information content (AvgIpc) is 3.06. The molecular formula is C19H23F3N2O2S.